The van der Waals surface area contributed by atoms with Crippen LogP contribution >= 0.6 is 0 Å². The van der Waals surface area contributed by atoms with Crippen LogP contribution in [0.15, 0.2) is 140 Å². The highest BCUT2D eigenvalue weighted by atomic mass is 28.4. The third kappa shape index (κ3) is 6.92. The summed E-state index contributed by atoms with van der Waals surface area (Å²) in [6.07, 6.45) is 0.566. The van der Waals surface area contributed by atoms with Gasteiger partial charge in [0.1, 0.15) is 11.5 Å². The summed E-state index contributed by atoms with van der Waals surface area (Å²) in [5.74, 6) is 0.167. The smallest absolute Gasteiger partial charge is 0.266 e. The quantitative estimate of drug-likeness (QED) is 0.142. The molecule has 5 atom stereocenters. The van der Waals surface area contributed by atoms with Crippen molar-refractivity contribution in [3.63, 3.8) is 0 Å². The van der Waals surface area contributed by atoms with Gasteiger partial charge in [-0.3, -0.25) is 29.0 Å². The van der Waals surface area contributed by atoms with E-state index in [0.717, 1.165) is 12.0 Å². The van der Waals surface area contributed by atoms with Gasteiger partial charge in [-0.2, -0.15) is 0 Å². The number of anilines is 5. The molecule has 5 aliphatic rings. The largest absolute Gasteiger partial charge is 0.454 e. The molecular weight excluding hydrogens is 877 g/mol. The van der Waals surface area contributed by atoms with E-state index in [-0.39, 0.29) is 49.2 Å². The zero-order valence-corrected chi connectivity index (χ0v) is 38.9. The topological polar surface area (TPSA) is 149 Å². The number of nitrogens with zero attached hydrogens (tertiary/aromatic N) is 4. The minimum absolute atomic E-state index is 0.0754. The Bertz CT molecular complexity index is 3030. The van der Waals surface area contributed by atoms with E-state index in [2.05, 4.69) is 0 Å². The summed E-state index contributed by atoms with van der Waals surface area (Å²) in [7, 11) is -3.19. The summed E-state index contributed by atoms with van der Waals surface area (Å²) in [5, 5.41) is 10.1. The van der Waals surface area contributed by atoms with E-state index in [0.29, 0.717) is 81.1 Å². The summed E-state index contributed by atoms with van der Waals surface area (Å²) in [6.45, 7) is 6.04. The molecule has 0 aromatic heterocycles. The zero-order chi connectivity index (χ0) is 47.1. The fraction of sp³-hybridized carbons (Fsp3) is 0.259. The maximum Gasteiger partial charge on any atom is 0.266 e. The van der Waals surface area contributed by atoms with Crippen LogP contribution in [0.5, 0.6) is 23.0 Å². The third-order valence-electron chi connectivity index (χ3n) is 14.3. The maximum absolute atomic E-state index is 15.7. The molecule has 11 rings (SSSR count). The lowest BCUT2D eigenvalue weighted by Crippen LogP contribution is -2.46. The Morgan fingerprint density at radius 1 is 0.706 bits per heavy atom. The normalized spacial score (nSPS) is 22.8. The van der Waals surface area contributed by atoms with Crippen molar-refractivity contribution in [2.75, 3.05) is 27.9 Å². The van der Waals surface area contributed by atoms with Crippen molar-refractivity contribution in [3.8, 4) is 23.0 Å². The first-order valence-corrected chi connectivity index (χ1v) is 26.2. The van der Waals surface area contributed by atoms with Crippen molar-refractivity contribution < 1.29 is 43.3 Å². The molecule has 4 amide bonds. The molecule has 0 radical (unpaired) electrons. The molecule has 2 fully saturated rings. The van der Waals surface area contributed by atoms with E-state index in [4.69, 9.17) is 14.2 Å². The number of benzene rings is 6. The number of aliphatic hydroxyl groups excluding tert-OH is 1. The summed E-state index contributed by atoms with van der Waals surface area (Å²) < 4.78 is 19.7. The van der Waals surface area contributed by atoms with Gasteiger partial charge in [-0.25, -0.2) is 0 Å². The minimum atomic E-state index is -3.19. The first kappa shape index (κ1) is 43.5. The SMILES string of the molecule is C[C@H]1[C@H]([Si](C)(C)O)[C@@H](CC(=O)N2CCC[C@H]2CO)O[C@]12C(=O)N(Cc1ccc(N3C(=O)c4ccccc4Oc4ccccc43)cc1)c1ccc(N3C(=O)c4ccccc4Oc4ccccc43)cc12. The van der Waals surface area contributed by atoms with Crippen LogP contribution in [0.25, 0.3) is 0 Å². The standard InChI is InChI=1S/C54H50N4O9Si/c1-33-50(68(2,3)64)48(30-49(60)55-28-12-13-37(55)32-59)67-54(33)40-29-36(58-43-17-7-11-21-47(43)66-45-19-9-5-15-39(45)52(58)62)26-27-41(40)56(53(54)63)31-34-22-24-35(25-23-34)57-42-16-6-10-20-46(42)65-44-18-8-4-14-38(44)51(57)61/h4-11,14-27,29,33,37,48,50,59,64H,12-13,28,30-32H2,1-3H3/t33-,37-,48+,50-,54+/m0/s1. The summed E-state index contributed by atoms with van der Waals surface area (Å²) >= 11 is 0. The molecule has 2 N–H and O–H groups in total. The number of aliphatic hydroxyl groups is 1. The number of carbonyl (C=O) groups excluding carboxylic acids is 4. The van der Waals surface area contributed by atoms with E-state index in [1.807, 2.05) is 117 Å². The van der Waals surface area contributed by atoms with E-state index in [1.165, 1.54) is 0 Å². The molecule has 0 saturated carbocycles. The average Bonchev–Trinajstić information content (AvgIpc) is 3.95. The van der Waals surface area contributed by atoms with Crippen LogP contribution in [0.4, 0.5) is 28.4 Å². The van der Waals surface area contributed by atoms with Crippen molar-refractivity contribution in [1.82, 2.24) is 4.90 Å². The van der Waals surface area contributed by atoms with Gasteiger partial charge in [-0.05, 0) is 110 Å². The number of hydrogen-bond acceptors (Lipinski definition) is 9. The molecule has 1 spiro atoms. The fourth-order valence-corrected chi connectivity index (χ4v) is 13.8. The number of carbonyl (C=O) groups is 4. The maximum atomic E-state index is 15.7. The van der Waals surface area contributed by atoms with Crippen molar-refractivity contribution in [2.24, 2.45) is 5.92 Å². The molecule has 0 unspecified atom stereocenters. The van der Waals surface area contributed by atoms with Gasteiger partial charge in [-0.15, -0.1) is 0 Å². The van der Waals surface area contributed by atoms with Crippen LogP contribution in [0, 0.1) is 5.92 Å². The molecule has 2 saturated heterocycles. The highest BCUT2D eigenvalue weighted by Gasteiger charge is 2.66. The van der Waals surface area contributed by atoms with E-state index < -0.39 is 31.5 Å². The molecule has 344 valence electrons. The van der Waals surface area contributed by atoms with E-state index in [9.17, 15) is 24.3 Å². The van der Waals surface area contributed by atoms with Gasteiger partial charge < -0.3 is 33.9 Å². The van der Waals surface area contributed by atoms with Gasteiger partial charge in [0, 0.05) is 34.9 Å². The third-order valence-corrected chi connectivity index (χ3v) is 16.8. The van der Waals surface area contributed by atoms with Crippen molar-refractivity contribution in [1.29, 1.82) is 0 Å². The van der Waals surface area contributed by atoms with Crippen molar-refractivity contribution in [2.45, 2.75) is 69.1 Å². The second kappa shape index (κ2) is 16.6. The Morgan fingerprint density at radius 2 is 1.25 bits per heavy atom. The molecule has 14 heteroatoms. The summed E-state index contributed by atoms with van der Waals surface area (Å²) in [4.78, 5) is 77.5. The van der Waals surface area contributed by atoms with Crippen LogP contribution in [0.1, 0.15) is 58.0 Å². The summed E-state index contributed by atoms with van der Waals surface area (Å²) in [5.41, 5.74) is 2.61. The molecule has 0 aliphatic carbocycles. The lowest BCUT2D eigenvalue weighted by atomic mass is 9.82. The number of fused-ring (bicyclic) bond motifs is 6. The lowest BCUT2D eigenvalue weighted by molar-refractivity contribution is -0.150. The average molecular weight is 927 g/mol. The van der Waals surface area contributed by atoms with Gasteiger partial charge in [0.25, 0.3) is 17.7 Å². The van der Waals surface area contributed by atoms with E-state index in [1.54, 1.807) is 62.1 Å². The number of rotatable bonds is 8. The predicted molar refractivity (Wildman–Crippen MR) is 259 cm³/mol. The van der Waals surface area contributed by atoms with Crippen LogP contribution in [0.2, 0.25) is 18.6 Å². The molecule has 13 nitrogen and oxygen atoms in total. The van der Waals surface area contributed by atoms with Gasteiger partial charge in [0.05, 0.1) is 59.9 Å². The Balaban J connectivity index is 1.01. The highest BCUT2D eigenvalue weighted by molar-refractivity contribution is 6.71. The molecule has 68 heavy (non-hydrogen) atoms. The van der Waals surface area contributed by atoms with Crippen LogP contribution in [0.3, 0.4) is 0 Å². The second-order valence-electron chi connectivity index (χ2n) is 18.8. The van der Waals surface area contributed by atoms with Crippen molar-refractivity contribution >= 4 is 60.4 Å². The minimum Gasteiger partial charge on any atom is -0.454 e. The number of para-hydroxylation sites is 6. The fourth-order valence-electron chi connectivity index (χ4n) is 11.3. The summed E-state index contributed by atoms with van der Waals surface area (Å²) in [6, 6.07) is 41.6. The van der Waals surface area contributed by atoms with Gasteiger partial charge in [-0.1, -0.05) is 67.6 Å². The predicted octanol–water partition coefficient (Wildman–Crippen LogP) is 9.57. The number of ether oxygens (including phenoxy) is 3. The van der Waals surface area contributed by atoms with Crippen molar-refractivity contribution in [3.05, 3.63) is 162 Å². The van der Waals surface area contributed by atoms with Gasteiger partial charge in [0.2, 0.25) is 5.91 Å². The lowest BCUT2D eigenvalue weighted by Gasteiger charge is -2.33. The highest BCUT2D eigenvalue weighted by Crippen LogP contribution is 2.61. The van der Waals surface area contributed by atoms with Crippen LogP contribution < -0.4 is 24.2 Å². The Hall–Kier alpha value is -7.10. The molecule has 6 aromatic carbocycles. The number of likely N-dealkylation sites (tertiary alicyclic amines) is 1. The first-order valence-electron chi connectivity index (χ1n) is 23.1. The van der Waals surface area contributed by atoms with Gasteiger partial charge >= 0.3 is 0 Å². The molecule has 5 aliphatic heterocycles. The van der Waals surface area contributed by atoms with E-state index >= 15 is 4.79 Å². The second-order valence-corrected chi connectivity index (χ2v) is 22.8. The Morgan fingerprint density at radius 3 is 1.84 bits per heavy atom. The number of amides is 4. The first-order chi connectivity index (χ1) is 32.9. The monoisotopic (exact) mass is 926 g/mol. The van der Waals surface area contributed by atoms with Crippen LogP contribution in [-0.2, 0) is 26.5 Å². The Labute approximate surface area is 394 Å². The Kier molecular flexibility index (Phi) is 10.6. The number of hydrogen-bond donors (Lipinski definition) is 2. The zero-order valence-electron chi connectivity index (χ0n) is 37.9. The van der Waals surface area contributed by atoms with Gasteiger partial charge in [0.15, 0.2) is 25.4 Å². The molecule has 6 aromatic rings. The molecular formula is C54H50N4O9Si. The molecule has 5 heterocycles. The molecule has 0 bridgehead atoms. The van der Waals surface area contributed by atoms with Crippen LogP contribution in [-0.4, -0.2) is 72.0 Å².